The molecule has 0 saturated heterocycles. The van der Waals surface area contributed by atoms with Crippen molar-refractivity contribution in [3.63, 3.8) is 0 Å². The van der Waals surface area contributed by atoms with E-state index in [9.17, 15) is 9.59 Å². The molecule has 5 nitrogen and oxygen atoms in total. The molecule has 2 rings (SSSR count). The molecule has 114 valence electrons. The van der Waals surface area contributed by atoms with Gasteiger partial charge in [0.05, 0.1) is 12.8 Å². The molecule has 5 heteroatoms. The Labute approximate surface area is 129 Å². The number of amides is 2. The molecule has 0 bridgehead atoms. The van der Waals surface area contributed by atoms with Gasteiger partial charge in [-0.1, -0.05) is 17.7 Å². The van der Waals surface area contributed by atoms with Crippen LogP contribution in [-0.4, -0.2) is 30.3 Å². The van der Waals surface area contributed by atoms with E-state index >= 15 is 0 Å². The predicted octanol–water partition coefficient (Wildman–Crippen LogP) is 2.70. The van der Waals surface area contributed by atoms with E-state index in [2.05, 4.69) is 5.32 Å². The van der Waals surface area contributed by atoms with Gasteiger partial charge in [-0.05, 0) is 37.3 Å². The first-order chi connectivity index (χ1) is 10.5. The van der Waals surface area contributed by atoms with Crippen LogP contribution in [0.3, 0.4) is 0 Å². The molecule has 22 heavy (non-hydrogen) atoms. The predicted molar refractivity (Wildman–Crippen MR) is 85.2 cm³/mol. The van der Waals surface area contributed by atoms with Gasteiger partial charge in [0.25, 0.3) is 0 Å². The number of nitrogens with one attached hydrogen (secondary N) is 1. The van der Waals surface area contributed by atoms with E-state index in [4.69, 9.17) is 4.42 Å². The largest absolute Gasteiger partial charge is 0.465 e. The van der Waals surface area contributed by atoms with Crippen LogP contribution in [0.2, 0.25) is 0 Å². The molecule has 1 heterocycles. The maximum Gasteiger partial charge on any atom is 0.246 e. The fraction of sp³-hybridized carbons (Fsp3) is 0.176. The number of anilines is 1. The number of hydrogen-bond acceptors (Lipinski definition) is 3. The van der Waals surface area contributed by atoms with E-state index in [0.29, 0.717) is 11.4 Å². The number of hydrogen-bond donors (Lipinski definition) is 1. The summed E-state index contributed by atoms with van der Waals surface area (Å²) < 4.78 is 5.10. The molecule has 2 amide bonds. The lowest BCUT2D eigenvalue weighted by Gasteiger charge is -2.14. The molecule has 0 unspecified atom stereocenters. The number of aryl methyl sites for hydroxylation is 1. The summed E-state index contributed by atoms with van der Waals surface area (Å²) in [6.07, 6.45) is 4.47. The molecule has 0 spiro atoms. The van der Waals surface area contributed by atoms with Crippen LogP contribution in [0.4, 0.5) is 5.69 Å². The first-order valence-corrected chi connectivity index (χ1v) is 6.88. The van der Waals surface area contributed by atoms with Gasteiger partial charge in [-0.2, -0.15) is 0 Å². The molecule has 2 aromatic rings. The van der Waals surface area contributed by atoms with Crippen LogP contribution in [0.1, 0.15) is 11.3 Å². The Morgan fingerprint density at radius 1 is 1.23 bits per heavy atom. The van der Waals surface area contributed by atoms with Gasteiger partial charge >= 0.3 is 0 Å². The van der Waals surface area contributed by atoms with Gasteiger partial charge in [-0.25, -0.2) is 0 Å². The van der Waals surface area contributed by atoms with Gasteiger partial charge in [0.15, 0.2) is 0 Å². The number of furan rings is 1. The molecule has 0 aliphatic heterocycles. The van der Waals surface area contributed by atoms with Crippen molar-refractivity contribution < 1.29 is 14.0 Å². The second-order valence-electron chi connectivity index (χ2n) is 4.96. The molecule has 0 saturated carbocycles. The SMILES string of the molecule is Cc1ccc(NC(=O)CN(C)C(=O)/C=C/c2ccco2)cc1. The summed E-state index contributed by atoms with van der Waals surface area (Å²) in [7, 11) is 1.57. The number of rotatable bonds is 5. The quantitative estimate of drug-likeness (QED) is 0.863. The first kappa shape index (κ1) is 15.6. The lowest BCUT2D eigenvalue weighted by atomic mass is 10.2. The zero-order valence-corrected chi connectivity index (χ0v) is 12.6. The molecule has 1 aromatic heterocycles. The third-order valence-electron chi connectivity index (χ3n) is 3.03. The number of nitrogens with zero attached hydrogens (tertiary/aromatic N) is 1. The van der Waals surface area contributed by atoms with Crippen molar-refractivity contribution in [2.24, 2.45) is 0 Å². The van der Waals surface area contributed by atoms with Gasteiger partial charge in [0.1, 0.15) is 5.76 Å². The summed E-state index contributed by atoms with van der Waals surface area (Å²) >= 11 is 0. The number of carbonyl (C=O) groups excluding carboxylic acids is 2. The Morgan fingerprint density at radius 3 is 2.59 bits per heavy atom. The Morgan fingerprint density at radius 2 is 1.95 bits per heavy atom. The molecule has 0 aliphatic rings. The molecule has 0 atom stereocenters. The minimum absolute atomic E-state index is 0.0186. The molecule has 0 radical (unpaired) electrons. The zero-order valence-electron chi connectivity index (χ0n) is 12.6. The summed E-state index contributed by atoms with van der Waals surface area (Å²) in [4.78, 5) is 25.1. The highest BCUT2D eigenvalue weighted by Gasteiger charge is 2.10. The van der Waals surface area contributed by atoms with Crippen molar-refractivity contribution in [2.45, 2.75) is 6.92 Å². The zero-order chi connectivity index (χ0) is 15.9. The minimum atomic E-state index is -0.268. The number of likely N-dealkylation sites (N-methyl/N-ethyl adjacent to an activating group) is 1. The third kappa shape index (κ3) is 4.63. The van der Waals surface area contributed by atoms with Crippen LogP contribution in [-0.2, 0) is 9.59 Å². The van der Waals surface area contributed by atoms with Crippen LogP contribution in [0, 0.1) is 6.92 Å². The van der Waals surface area contributed by atoms with Crippen molar-refractivity contribution in [1.82, 2.24) is 4.90 Å². The molecule has 1 N–H and O–H groups in total. The van der Waals surface area contributed by atoms with Crippen molar-refractivity contribution in [1.29, 1.82) is 0 Å². The standard InChI is InChI=1S/C17H18N2O3/c1-13-5-7-14(8-6-13)18-16(20)12-19(2)17(21)10-9-15-4-3-11-22-15/h3-11H,12H2,1-2H3,(H,18,20)/b10-9+. The van der Waals surface area contributed by atoms with Crippen LogP contribution >= 0.6 is 0 Å². The lowest BCUT2D eigenvalue weighted by molar-refractivity contribution is -0.129. The van der Waals surface area contributed by atoms with Gasteiger partial charge < -0.3 is 14.6 Å². The third-order valence-corrected chi connectivity index (χ3v) is 3.03. The van der Waals surface area contributed by atoms with Gasteiger partial charge in [-0.15, -0.1) is 0 Å². The highest BCUT2D eigenvalue weighted by Crippen LogP contribution is 2.08. The molecular weight excluding hydrogens is 280 g/mol. The molecular formula is C17H18N2O3. The molecule has 1 aromatic carbocycles. The summed E-state index contributed by atoms with van der Waals surface area (Å²) in [6, 6.07) is 11.0. The Hall–Kier alpha value is -2.82. The first-order valence-electron chi connectivity index (χ1n) is 6.88. The Kier molecular flexibility index (Phi) is 5.14. The highest BCUT2D eigenvalue weighted by atomic mass is 16.3. The van der Waals surface area contributed by atoms with E-state index in [0.717, 1.165) is 5.56 Å². The average Bonchev–Trinajstić information content (AvgIpc) is 3.00. The van der Waals surface area contributed by atoms with Crippen molar-refractivity contribution in [2.75, 3.05) is 18.9 Å². The summed E-state index contributed by atoms with van der Waals surface area (Å²) in [6.45, 7) is 1.96. The summed E-state index contributed by atoms with van der Waals surface area (Å²) in [5.74, 6) is 0.0763. The maximum absolute atomic E-state index is 11.9. The van der Waals surface area contributed by atoms with E-state index < -0.39 is 0 Å². The van der Waals surface area contributed by atoms with E-state index in [1.807, 2.05) is 31.2 Å². The summed E-state index contributed by atoms with van der Waals surface area (Å²) in [5.41, 5.74) is 1.83. The minimum Gasteiger partial charge on any atom is -0.465 e. The molecule has 0 aliphatic carbocycles. The monoisotopic (exact) mass is 298 g/mol. The Balaban J connectivity index is 1.85. The second kappa shape index (κ2) is 7.26. The molecule has 0 fully saturated rings. The number of carbonyl (C=O) groups is 2. The fourth-order valence-electron chi connectivity index (χ4n) is 1.80. The number of benzene rings is 1. The topological polar surface area (TPSA) is 62.6 Å². The van der Waals surface area contributed by atoms with Crippen LogP contribution in [0.15, 0.2) is 53.2 Å². The van der Waals surface area contributed by atoms with Crippen molar-refractivity contribution >= 4 is 23.6 Å². The average molecular weight is 298 g/mol. The van der Waals surface area contributed by atoms with Crippen LogP contribution in [0.25, 0.3) is 6.08 Å². The fourth-order valence-corrected chi connectivity index (χ4v) is 1.80. The van der Waals surface area contributed by atoms with E-state index in [1.165, 1.54) is 17.2 Å². The van der Waals surface area contributed by atoms with Gasteiger partial charge in [0.2, 0.25) is 11.8 Å². The maximum atomic E-state index is 11.9. The van der Waals surface area contributed by atoms with E-state index in [-0.39, 0.29) is 18.4 Å². The normalized spacial score (nSPS) is 10.6. The summed E-state index contributed by atoms with van der Waals surface area (Å²) in [5, 5.41) is 2.75. The smallest absolute Gasteiger partial charge is 0.246 e. The van der Waals surface area contributed by atoms with Crippen molar-refractivity contribution in [3.8, 4) is 0 Å². The van der Waals surface area contributed by atoms with Crippen LogP contribution < -0.4 is 5.32 Å². The van der Waals surface area contributed by atoms with Crippen molar-refractivity contribution in [3.05, 3.63) is 60.1 Å². The second-order valence-corrected chi connectivity index (χ2v) is 4.96. The lowest BCUT2D eigenvalue weighted by Crippen LogP contribution is -2.33. The van der Waals surface area contributed by atoms with Gasteiger partial charge in [0, 0.05) is 18.8 Å². The highest BCUT2D eigenvalue weighted by molar-refractivity contribution is 5.97. The van der Waals surface area contributed by atoms with Crippen LogP contribution in [0.5, 0.6) is 0 Å². The Bertz CT molecular complexity index is 658. The van der Waals surface area contributed by atoms with Gasteiger partial charge in [-0.3, -0.25) is 9.59 Å². The van der Waals surface area contributed by atoms with E-state index in [1.54, 1.807) is 25.3 Å².